The van der Waals surface area contributed by atoms with Crippen LogP contribution in [0.15, 0.2) is 30.3 Å². The molecule has 1 saturated heterocycles. The summed E-state index contributed by atoms with van der Waals surface area (Å²) in [6.07, 6.45) is 2.33. The number of carbonyl (C=O) groups excluding carboxylic acids is 1. The molecule has 5 nitrogen and oxygen atoms in total. The molecule has 6 heteroatoms. The molecule has 0 saturated carbocycles. The number of amides is 1. The van der Waals surface area contributed by atoms with Crippen molar-refractivity contribution in [2.45, 2.75) is 26.3 Å². The lowest BCUT2D eigenvalue weighted by molar-refractivity contribution is -0.132. The van der Waals surface area contributed by atoms with Crippen molar-refractivity contribution < 1.29 is 13.2 Å². The van der Waals surface area contributed by atoms with E-state index in [9.17, 15) is 13.2 Å². The fourth-order valence-electron chi connectivity index (χ4n) is 2.53. The van der Waals surface area contributed by atoms with Crippen molar-refractivity contribution in [1.82, 2.24) is 9.62 Å². The minimum atomic E-state index is -3.16. The Kier molecular flexibility index (Phi) is 4.68. The fraction of sp³-hybridized carbons (Fsp3) is 0.533. The molecule has 1 fully saturated rings. The molecule has 0 bridgehead atoms. The van der Waals surface area contributed by atoms with Gasteiger partial charge in [0.05, 0.1) is 6.26 Å². The fourth-order valence-corrected chi connectivity index (χ4v) is 3.38. The third kappa shape index (κ3) is 4.04. The number of nitrogens with zero attached hydrogens (tertiary/aromatic N) is 1. The van der Waals surface area contributed by atoms with Crippen molar-refractivity contribution in [3.63, 3.8) is 0 Å². The minimum Gasteiger partial charge on any atom is -0.352 e. The molecule has 1 amide bonds. The van der Waals surface area contributed by atoms with Gasteiger partial charge in [0.2, 0.25) is 15.9 Å². The summed E-state index contributed by atoms with van der Waals surface area (Å²) in [7, 11) is -3.16. The van der Waals surface area contributed by atoms with Gasteiger partial charge in [-0.1, -0.05) is 37.3 Å². The lowest BCUT2D eigenvalue weighted by Gasteiger charge is -2.37. The van der Waals surface area contributed by atoms with Gasteiger partial charge in [0.15, 0.2) is 0 Å². The van der Waals surface area contributed by atoms with Gasteiger partial charge in [-0.05, 0) is 18.4 Å². The standard InChI is InChI=1S/C15H22N2O3S/c1-15(8-10-17(11-9-15)21(2,19)20)14(18)16-12-13-6-4-3-5-7-13/h3-7H,8-12H2,1-2H3,(H,16,18). The van der Waals surface area contributed by atoms with Crippen LogP contribution in [0.2, 0.25) is 0 Å². The molecule has 116 valence electrons. The van der Waals surface area contributed by atoms with E-state index in [1.807, 2.05) is 37.3 Å². The van der Waals surface area contributed by atoms with Crippen molar-refractivity contribution in [2.24, 2.45) is 5.41 Å². The Balaban J connectivity index is 1.91. The number of hydrogen-bond donors (Lipinski definition) is 1. The maximum absolute atomic E-state index is 12.4. The van der Waals surface area contributed by atoms with Gasteiger partial charge in [-0.2, -0.15) is 0 Å². The number of carbonyl (C=O) groups is 1. The second kappa shape index (κ2) is 6.15. The van der Waals surface area contributed by atoms with Crippen LogP contribution in [-0.4, -0.2) is 38.0 Å². The molecule has 21 heavy (non-hydrogen) atoms. The van der Waals surface area contributed by atoms with E-state index in [2.05, 4.69) is 5.32 Å². The SMILES string of the molecule is CC1(C(=O)NCc2ccccc2)CCN(S(C)(=O)=O)CC1. The lowest BCUT2D eigenvalue weighted by Crippen LogP contribution is -2.48. The first-order chi connectivity index (χ1) is 9.81. The smallest absolute Gasteiger partial charge is 0.226 e. The van der Waals surface area contributed by atoms with Crippen molar-refractivity contribution in [2.75, 3.05) is 19.3 Å². The second-order valence-corrected chi connectivity index (χ2v) is 7.87. The predicted octanol–water partition coefficient (Wildman–Crippen LogP) is 1.36. The van der Waals surface area contributed by atoms with Gasteiger partial charge in [-0.25, -0.2) is 12.7 Å². The summed E-state index contributed by atoms with van der Waals surface area (Å²) < 4.78 is 24.5. The average Bonchev–Trinajstić information content (AvgIpc) is 2.45. The molecule has 0 atom stereocenters. The summed E-state index contributed by atoms with van der Waals surface area (Å²) >= 11 is 0. The molecule has 0 spiro atoms. The monoisotopic (exact) mass is 310 g/mol. The first-order valence-electron chi connectivity index (χ1n) is 7.09. The maximum Gasteiger partial charge on any atom is 0.226 e. The van der Waals surface area contributed by atoms with Crippen LogP contribution in [0.1, 0.15) is 25.3 Å². The zero-order chi connectivity index (χ0) is 15.5. The summed E-state index contributed by atoms with van der Waals surface area (Å²) in [5.74, 6) is -0.000459. The number of benzene rings is 1. The summed E-state index contributed by atoms with van der Waals surface area (Å²) in [6, 6.07) is 9.75. The number of hydrogen-bond acceptors (Lipinski definition) is 3. The molecule has 1 heterocycles. The molecule has 1 aromatic rings. The Hall–Kier alpha value is -1.40. The van der Waals surface area contributed by atoms with Crippen molar-refractivity contribution in [3.8, 4) is 0 Å². The van der Waals surface area contributed by atoms with Crippen LogP contribution in [-0.2, 0) is 21.4 Å². The highest BCUT2D eigenvalue weighted by Crippen LogP contribution is 2.32. The molecule has 0 radical (unpaired) electrons. The Morgan fingerprint density at radius 3 is 2.33 bits per heavy atom. The molecule has 0 aliphatic carbocycles. The molecule has 1 N–H and O–H groups in total. The Bertz CT molecular complexity index is 591. The Labute approximate surface area is 126 Å². The van der Waals surface area contributed by atoms with Crippen LogP contribution in [0.5, 0.6) is 0 Å². The van der Waals surface area contributed by atoms with Crippen LogP contribution >= 0.6 is 0 Å². The quantitative estimate of drug-likeness (QED) is 0.913. The van der Waals surface area contributed by atoms with Gasteiger partial charge in [0.1, 0.15) is 0 Å². The lowest BCUT2D eigenvalue weighted by atomic mass is 9.80. The van der Waals surface area contributed by atoms with E-state index in [4.69, 9.17) is 0 Å². The van der Waals surface area contributed by atoms with Crippen molar-refractivity contribution >= 4 is 15.9 Å². The molecular weight excluding hydrogens is 288 g/mol. The maximum atomic E-state index is 12.4. The molecule has 2 rings (SSSR count). The van der Waals surface area contributed by atoms with E-state index in [0.29, 0.717) is 32.5 Å². The number of piperidine rings is 1. The number of nitrogens with one attached hydrogen (secondary N) is 1. The van der Waals surface area contributed by atoms with Crippen molar-refractivity contribution in [1.29, 1.82) is 0 Å². The van der Waals surface area contributed by atoms with Crippen LogP contribution < -0.4 is 5.32 Å². The molecule has 1 aliphatic heterocycles. The molecule has 0 unspecified atom stereocenters. The first-order valence-corrected chi connectivity index (χ1v) is 8.93. The van der Waals surface area contributed by atoms with Gasteiger partial charge in [0, 0.05) is 25.0 Å². The number of rotatable bonds is 4. The summed E-state index contributed by atoms with van der Waals surface area (Å²) in [5.41, 5.74) is 0.568. The summed E-state index contributed by atoms with van der Waals surface area (Å²) in [5, 5.41) is 2.96. The van der Waals surface area contributed by atoms with E-state index in [1.54, 1.807) is 0 Å². The van der Waals surface area contributed by atoms with Gasteiger partial charge >= 0.3 is 0 Å². The van der Waals surface area contributed by atoms with E-state index >= 15 is 0 Å². The normalized spacial score (nSPS) is 19.1. The zero-order valence-electron chi connectivity index (χ0n) is 12.5. The van der Waals surface area contributed by atoms with Crippen molar-refractivity contribution in [3.05, 3.63) is 35.9 Å². The zero-order valence-corrected chi connectivity index (χ0v) is 13.3. The molecule has 0 aromatic heterocycles. The van der Waals surface area contributed by atoms with E-state index < -0.39 is 15.4 Å². The van der Waals surface area contributed by atoms with Gasteiger partial charge in [0.25, 0.3) is 0 Å². The van der Waals surface area contributed by atoms with Gasteiger partial charge in [-0.15, -0.1) is 0 Å². The topological polar surface area (TPSA) is 66.5 Å². The van der Waals surface area contributed by atoms with E-state index in [0.717, 1.165) is 5.56 Å². The van der Waals surface area contributed by atoms with Crippen LogP contribution in [0.4, 0.5) is 0 Å². The first kappa shape index (κ1) is 16.0. The Morgan fingerprint density at radius 2 is 1.81 bits per heavy atom. The number of sulfonamides is 1. The van der Waals surface area contributed by atoms with Crippen LogP contribution in [0.3, 0.4) is 0 Å². The van der Waals surface area contributed by atoms with Gasteiger partial charge < -0.3 is 5.32 Å². The molecule has 1 aromatic carbocycles. The largest absolute Gasteiger partial charge is 0.352 e. The highest BCUT2D eigenvalue weighted by atomic mass is 32.2. The minimum absolute atomic E-state index is 0.000459. The van der Waals surface area contributed by atoms with E-state index in [1.165, 1.54) is 10.6 Å². The van der Waals surface area contributed by atoms with Gasteiger partial charge in [-0.3, -0.25) is 4.79 Å². The Morgan fingerprint density at radius 1 is 1.24 bits per heavy atom. The molecule has 1 aliphatic rings. The van der Waals surface area contributed by atoms with Crippen LogP contribution in [0, 0.1) is 5.41 Å². The average molecular weight is 310 g/mol. The second-order valence-electron chi connectivity index (χ2n) is 5.89. The highest BCUT2D eigenvalue weighted by molar-refractivity contribution is 7.88. The third-order valence-electron chi connectivity index (χ3n) is 4.14. The van der Waals surface area contributed by atoms with E-state index in [-0.39, 0.29) is 5.91 Å². The third-order valence-corrected chi connectivity index (χ3v) is 5.44. The molecular formula is C15H22N2O3S. The summed E-state index contributed by atoms with van der Waals surface area (Å²) in [4.78, 5) is 12.4. The highest BCUT2D eigenvalue weighted by Gasteiger charge is 2.38. The van der Waals surface area contributed by atoms with Crippen LogP contribution in [0.25, 0.3) is 0 Å². The summed E-state index contributed by atoms with van der Waals surface area (Å²) in [6.45, 7) is 3.24. The predicted molar refractivity (Wildman–Crippen MR) is 82.0 cm³/mol.